The second-order valence-corrected chi connectivity index (χ2v) is 8.04. The number of aryl methyl sites for hydroxylation is 1. The minimum atomic E-state index is 0.118. The lowest BCUT2D eigenvalue weighted by atomic mass is 9.86. The molecule has 0 aliphatic heterocycles. The summed E-state index contributed by atoms with van der Waals surface area (Å²) in [5.74, 6) is 0.118. The van der Waals surface area contributed by atoms with Gasteiger partial charge in [-0.3, -0.25) is 4.98 Å². The molecule has 0 aliphatic rings. The summed E-state index contributed by atoms with van der Waals surface area (Å²) in [5.41, 5.74) is 6.84. The minimum Gasteiger partial charge on any atom is -0.411 e. The minimum absolute atomic E-state index is 0.118. The third kappa shape index (κ3) is 4.22. The zero-order chi connectivity index (χ0) is 20.2. The first-order valence-electron chi connectivity index (χ1n) is 9.53. The summed E-state index contributed by atoms with van der Waals surface area (Å²) in [6.45, 7) is 2.12. The first kappa shape index (κ1) is 19.3. The molecule has 4 aromatic rings. The summed E-state index contributed by atoms with van der Waals surface area (Å²) in [7, 11) is 0. The Labute approximate surface area is 178 Å². The largest absolute Gasteiger partial charge is 0.411 e. The van der Waals surface area contributed by atoms with E-state index in [-0.39, 0.29) is 5.92 Å². The molecule has 0 fully saturated rings. The van der Waals surface area contributed by atoms with Crippen molar-refractivity contribution in [1.29, 1.82) is 0 Å². The van der Waals surface area contributed by atoms with Crippen LogP contribution >= 0.6 is 15.9 Å². The van der Waals surface area contributed by atoms with Crippen LogP contribution in [0.2, 0.25) is 0 Å². The van der Waals surface area contributed by atoms with E-state index in [1.54, 1.807) is 6.21 Å². The van der Waals surface area contributed by atoms with Gasteiger partial charge < -0.3 is 5.21 Å². The van der Waals surface area contributed by atoms with Gasteiger partial charge in [0, 0.05) is 33.8 Å². The number of halogens is 1. The molecule has 0 radical (unpaired) electrons. The second kappa shape index (κ2) is 8.58. The average Bonchev–Trinajstić information content (AvgIpc) is 2.75. The fraction of sp³-hybridized carbons (Fsp3) is 0.120. The van der Waals surface area contributed by atoms with Gasteiger partial charge in [0.25, 0.3) is 0 Å². The average molecular weight is 445 g/mol. The first-order valence-corrected chi connectivity index (χ1v) is 10.3. The molecule has 1 atom stereocenters. The number of hydrogen-bond donors (Lipinski definition) is 1. The standard InChI is InChI=1S/C25H21BrN2O/c1-17-4-2-3-5-23(17)24(12-13-28-29)19-8-11-25-20(14-19)15-21(16-27-25)18-6-9-22(26)10-7-18/h2-11,13-16,24,29H,12H2,1H3. The van der Waals surface area contributed by atoms with Gasteiger partial charge in [0.15, 0.2) is 0 Å². The van der Waals surface area contributed by atoms with Gasteiger partial charge >= 0.3 is 0 Å². The van der Waals surface area contributed by atoms with E-state index in [1.165, 1.54) is 16.7 Å². The monoisotopic (exact) mass is 444 g/mol. The third-order valence-electron chi connectivity index (χ3n) is 5.27. The Kier molecular flexibility index (Phi) is 5.72. The molecule has 0 spiro atoms. The zero-order valence-corrected chi connectivity index (χ0v) is 17.7. The van der Waals surface area contributed by atoms with E-state index in [0.29, 0.717) is 6.42 Å². The highest BCUT2D eigenvalue weighted by Gasteiger charge is 2.16. The topological polar surface area (TPSA) is 45.5 Å². The molecular weight excluding hydrogens is 424 g/mol. The molecule has 4 rings (SSSR count). The number of aromatic nitrogens is 1. The van der Waals surface area contributed by atoms with E-state index in [0.717, 1.165) is 26.5 Å². The van der Waals surface area contributed by atoms with Crippen molar-refractivity contribution in [3.63, 3.8) is 0 Å². The van der Waals surface area contributed by atoms with E-state index in [2.05, 4.69) is 87.6 Å². The second-order valence-electron chi connectivity index (χ2n) is 7.13. The number of oxime groups is 1. The molecule has 1 N–H and O–H groups in total. The van der Waals surface area contributed by atoms with Gasteiger partial charge in [0.2, 0.25) is 0 Å². The van der Waals surface area contributed by atoms with E-state index < -0.39 is 0 Å². The highest BCUT2D eigenvalue weighted by atomic mass is 79.9. The summed E-state index contributed by atoms with van der Waals surface area (Å²) in [6.07, 6.45) is 4.12. The maximum absolute atomic E-state index is 8.99. The normalized spacial score (nSPS) is 12.5. The zero-order valence-electron chi connectivity index (χ0n) is 16.1. The molecule has 0 saturated heterocycles. The van der Waals surface area contributed by atoms with E-state index >= 15 is 0 Å². The molecule has 4 heteroatoms. The Morgan fingerprint density at radius 3 is 2.55 bits per heavy atom. The summed E-state index contributed by atoms with van der Waals surface area (Å²) in [5, 5.41) is 13.3. The van der Waals surface area contributed by atoms with Crippen LogP contribution in [-0.4, -0.2) is 16.4 Å². The van der Waals surface area contributed by atoms with Gasteiger partial charge in [0.1, 0.15) is 0 Å². The van der Waals surface area contributed by atoms with Crippen molar-refractivity contribution in [2.75, 3.05) is 0 Å². The van der Waals surface area contributed by atoms with Crippen LogP contribution in [0.1, 0.15) is 29.0 Å². The SMILES string of the molecule is Cc1ccccc1C(CC=NO)c1ccc2ncc(-c3ccc(Br)cc3)cc2c1. The molecule has 3 nitrogen and oxygen atoms in total. The smallest absolute Gasteiger partial charge is 0.0702 e. The lowest BCUT2D eigenvalue weighted by molar-refractivity contribution is 0.320. The molecule has 29 heavy (non-hydrogen) atoms. The van der Waals surface area contributed by atoms with Crippen LogP contribution in [0.5, 0.6) is 0 Å². The van der Waals surface area contributed by atoms with E-state index in [9.17, 15) is 0 Å². The van der Waals surface area contributed by atoms with Crippen LogP contribution in [0.3, 0.4) is 0 Å². The van der Waals surface area contributed by atoms with Crippen molar-refractivity contribution in [2.45, 2.75) is 19.3 Å². The molecule has 1 unspecified atom stereocenters. The molecule has 1 aromatic heterocycles. The van der Waals surface area contributed by atoms with Crippen molar-refractivity contribution in [1.82, 2.24) is 4.98 Å². The lowest BCUT2D eigenvalue weighted by Crippen LogP contribution is -2.04. The predicted octanol–water partition coefficient (Wildman–Crippen LogP) is 6.95. The van der Waals surface area contributed by atoms with Gasteiger partial charge in [-0.1, -0.05) is 58.4 Å². The van der Waals surface area contributed by atoms with Gasteiger partial charge in [-0.25, -0.2) is 0 Å². The Balaban J connectivity index is 1.79. The van der Waals surface area contributed by atoms with Crippen molar-refractivity contribution in [2.24, 2.45) is 5.16 Å². The highest BCUT2D eigenvalue weighted by molar-refractivity contribution is 9.10. The number of benzene rings is 3. The molecule has 0 aliphatic carbocycles. The molecule has 1 heterocycles. The van der Waals surface area contributed by atoms with Crippen LogP contribution in [0.25, 0.3) is 22.0 Å². The number of rotatable bonds is 5. The van der Waals surface area contributed by atoms with Crippen molar-refractivity contribution in [3.05, 3.63) is 100 Å². The van der Waals surface area contributed by atoms with Crippen molar-refractivity contribution in [3.8, 4) is 11.1 Å². The van der Waals surface area contributed by atoms with Gasteiger partial charge in [-0.2, -0.15) is 0 Å². The Bertz CT molecular complexity index is 1170. The van der Waals surface area contributed by atoms with Crippen molar-refractivity contribution >= 4 is 33.0 Å². The molecule has 3 aromatic carbocycles. The number of pyridine rings is 1. The van der Waals surface area contributed by atoms with Gasteiger partial charge in [0.05, 0.1) is 5.52 Å². The number of hydrogen-bond acceptors (Lipinski definition) is 3. The maximum atomic E-state index is 8.99. The lowest BCUT2D eigenvalue weighted by Gasteiger charge is -2.19. The fourth-order valence-corrected chi connectivity index (χ4v) is 4.00. The number of fused-ring (bicyclic) bond motifs is 1. The molecule has 144 valence electrons. The van der Waals surface area contributed by atoms with Gasteiger partial charge in [-0.05, 0) is 65.9 Å². The third-order valence-corrected chi connectivity index (χ3v) is 5.80. The van der Waals surface area contributed by atoms with Crippen LogP contribution in [0.15, 0.2) is 88.6 Å². The van der Waals surface area contributed by atoms with E-state index in [1.807, 2.05) is 24.4 Å². The first-order chi connectivity index (χ1) is 14.2. The quantitative estimate of drug-likeness (QED) is 0.205. The molecule has 0 saturated carbocycles. The predicted molar refractivity (Wildman–Crippen MR) is 123 cm³/mol. The Hall–Kier alpha value is -2.98. The van der Waals surface area contributed by atoms with Crippen molar-refractivity contribution < 1.29 is 5.21 Å². The molecule has 0 bridgehead atoms. The Morgan fingerprint density at radius 2 is 1.79 bits per heavy atom. The number of nitrogens with zero attached hydrogens (tertiary/aromatic N) is 2. The summed E-state index contributed by atoms with van der Waals surface area (Å²) in [6, 6.07) is 25.2. The van der Waals surface area contributed by atoms with Crippen LogP contribution in [-0.2, 0) is 0 Å². The van der Waals surface area contributed by atoms with Crippen LogP contribution < -0.4 is 0 Å². The van der Waals surface area contributed by atoms with Crippen LogP contribution in [0, 0.1) is 6.92 Å². The summed E-state index contributed by atoms with van der Waals surface area (Å²) in [4.78, 5) is 4.65. The summed E-state index contributed by atoms with van der Waals surface area (Å²) >= 11 is 3.49. The summed E-state index contributed by atoms with van der Waals surface area (Å²) < 4.78 is 1.06. The molecule has 0 amide bonds. The van der Waals surface area contributed by atoms with E-state index in [4.69, 9.17) is 5.21 Å². The van der Waals surface area contributed by atoms with Gasteiger partial charge in [-0.15, -0.1) is 5.16 Å². The maximum Gasteiger partial charge on any atom is 0.0702 e. The fourth-order valence-electron chi connectivity index (χ4n) is 3.74. The highest BCUT2D eigenvalue weighted by Crippen LogP contribution is 2.32. The molecular formula is C25H21BrN2O. The van der Waals surface area contributed by atoms with Crippen LogP contribution in [0.4, 0.5) is 0 Å². The Morgan fingerprint density at radius 1 is 1.00 bits per heavy atom.